The molecule has 0 atom stereocenters. The predicted molar refractivity (Wildman–Crippen MR) is 131 cm³/mol. The summed E-state index contributed by atoms with van der Waals surface area (Å²) < 4.78 is 5.44. The smallest absolute Gasteiger partial charge is 0.407 e. The number of aliphatic carboxylic acids is 1. The fourth-order valence-electron chi connectivity index (χ4n) is 4.56. The molecule has 0 unspecified atom stereocenters. The highest BCUT2D eigenvalue weighted by molar-refractivity contribution is 7.99. The van der Waals surface area contributed by atoms with Crippen molar-refractivity contribution in [3.63, 3.8) is 0 Å². The van der Waals surface area contributed by atoms with Crippen LogP contribution in [0.25, 0.3) is 11.1 Å². The minimum Gasteiger partial charge on any atom is -0.481 e. The van der Waals surface area contributed by atoms with Gasteiger partial charge in [-0.3, -0.25) is 9.59 Å². The Hall–Kier alpha value is -3.44. The van der Waals surface area contributed by atoms with Crippen molar-refractivity contribution in [2.75, 3.05) is 24.7 Å². The molecule has 8 heteroatoms. The van der Waals surface area contributed by atoms with Gasteiger partial charge in [-0.05, 0) is 52.5 Å². The van der Waals surface area contributed by atoms with Crippen LogP contribution in [0.4, 0.5) is 4.79 Å². The van der Waals surface area contributed by atoms with Crippen molar-refractivity contribution in [1.29, 1.82) is 0 Å². The molecule has 2 aliphatic rings. The van der Waals surface area contributed by atoms with Gasteiger partial charge in [0.05, 0.1) is 18.5 Å². The predicted octanol–water partition coefficient (Wildman–Crippen LogP) is 3.39. The molecule has 0 saturated carbocycles. The minimum atomic E-state index is -0.947. The summed E-state index contributed by atoms with van der Waals surface area (Å²) in [5.74, 6) is 5.12. The third kappa shape index (κ3) is 5.54. The van der Waals surface area contributed by atoms with Crippen LogP contribution in [0.1, 0.15) is 36.3 Å². The van der Waals surface area contributed by atoms with Crippen molar-refractivity contribution < 1.29 is 24.2 Å². The molecule has 1 fully saturated rings. The van der Waals surface area contributed by atoms with E-state index >= 15 is 0 Å². The molecule has 0 radical (unpaired) electrons. The standard InChI is InChI=1S/C26H26N2O5S/c29-23(28-26(16-24(30)31)11-14-34-15-12-26)10-5-13-27-25(32)33-17-22-20-8-3-1-6-18(20)19-7-2-4-9-21(19)22/h1-4,6-9,22H,11-17H2,(H,27,32)(H,28,29)(H,30,31). The van der Waals surface area contributed by atoms with Crippen molar-refractivity contribution in [2.24, 2.45) is 0 Å². The van der Waals surface area contributed by atoms with Crippen LogP contribution in [0.3, 0.4) is 0 Å². The molecule has 1 saturated heterocycles. The van der Waals surface area contributed by atoms with Crippen molar-refractivity contribution in [3.05, 3.63) is 59.7 Å². The number of hydrogen-bond acceptors (Lipinski definition) is 5. The second-order valence-electron chi connectivity index (χ2n) is 8.40. The van der Waals surface area contributed by atoms with Crippen LogP contribution in [0.5, 0.6) is 0 Å². The molecule has 2 aromatic carbocycles. The summed E-state index contributed by atoms with van der Waals surface area (Å²) in [6.45, 7) is 0.148. The molecular weight excluding hydrogens is 452 g/mol. The van der Waals surface area contributed by atoms with E-state index in [1.165, 1.54) is 0 Å². The maximum Gasteiger partial charge on any atom is 0.407 e. The maximum atomic E-state index is 12.2. The zero-order valence-electron chi connectivity index (χ0n) is 18.6. The van der Waals surface area contributed by atoms with Crippen molar-refractivity contribution in [1.82, 2.24) is 10.6 Å². The van der Waals surface area contributed by atoms with E-state index in [2.05, 4.69) is 34.6 Å². The summed E-state index contributed by atoms with van der Waals surface area (Å²) in [6, 6.07) is 16.2. The van der Waals surface area contributed by atoms with Crippen LogP contribution >= 0.6 is 11.8 Å². The zero-order valence-corrected chi connectivity index (χ0v) is 19.5. The molecule has 2 amide bonds. The van der Waals surface area contributed by atoms with Crippen LogP contribution in [0.15, 0.2) is 48.5 Å². The van der Waals surface area contributed by atoms with E-state index in [4.69, 9.17) is 4.74 Å². The number of hydrogen-bond donors (Lipinski definition) is 3. The van der Waals surface area contributed by atoms with Gasteiger partial charge in [0.2, 0.25) is 0 Å². The van der Waals surface area contributed by atoms with Gasteiger partial charge in [0.15, 0.2) is 0 Å². The van der Waals surface area contributed by atoms with Crippen molar-refractivity contribution in [3.8, 4) is 23.0 Å². The molecular formula is C26H26N2O5S. The Kier molecular flexibility index (Phi) is 7.43. The van der Waals surface area contributed by atoms with Crippen LogP contribution in [0, 0.1) is 11.8 Å². The summed E-state index contributed by atoms with van der Waals surface area (Å²) in [5.41, 5.74) is 3.81. The lowest BCUT2D eigenvalue weighted by Gasteiger charge is -2.36. The number of rotatable bonds is 6. The number of carboxylic acid groups (broad SMARTS) is 1. The Labute approximate surface area is 202 Å². The number of carbonyl (C=O) groups excluding carboxylic acids is 2. The average molecular weight is 479 g/mol. The molecule has 2 aromatic rings. The third-order valence-electron chi connectivity index (χ3n) is 6.18. The summed E-state index contributed by atoms with van der Waals surface area (Å²) >= 11 is 1.74. The van der Waals surface area contributed by atoms with E-state index in [-0.39, 0.29) is 25.5 Å². The highest BCUT2D eigenvalue weighted by atomic mass is 32.2. The number of amides is 2. The molecule has 1 aliphatic heterocycles. The lowest BCUT2D eigenvalue weighted by molar-refractivity contribution is -0.139. The summed E-state index contributed by atoms with van der Waals surface area (Å²) in [5, 5.41) is 14.5. The highest BCUT2D eigenvalue weighted by Crippen LogP contribution is 2.44. The molecule has 1 aliphatic carbocycles. The van der Waals surface area contributed by atoms with Gasteiger partial charge in [-0.15, -0.1) is 0 Å². The number of thioether (sulfide) groups is 1. The second kappa shape index (κ2) is 10.7. The molecule has 0 bridgehead atoms. The Morgan fingerprint density at radius 3 is 2.26 bits per heavy atom. The van der Waals surface area contributed by atoms with E-state index in [0.29, 0.717) is 12.8 Å². The van der Waals surface area contributed by atoms with E-state index in [9.17, 15) is 19.5 Å². The molecule has 4 rings (SSSR count). The minimum absolute atomic E-state index is 0.0332. The molecule has 34 heavy (non-hydrogen) atoms. The number of alkyl carbamates (subject to hydrolysis) is 1. The number of carbonyl (C=O) groups is 3. The molecule has 3 N–H and O–H groups in total. The number of fused-ring (bicyclic) bond motifs is 3. The Morgan fingerprint density at radius 1 is 1.03 bits per heavy atom. The number of carboxylic acids is 1. The van der Waals surface area contributed by atoms with Gasteiger partial charge in [0.1, 0.15) is 6.61 Å². The first-order valence-electron chi connectivity index (χ1n) is 11.2. The maximum absolute atomic E-state index is 12.2. The van der Waals surface area contributed by atoms with E-state index in [0.717, 1.165) is 33.8 Å². The van der Waals surface area contributed by atoms with Gasteiger partial charge in [-0.2, -0.15) is 11.8 Å². The number of ether oxygens (including phenoxy) is 1. The highest BCUT2D eigenvalue weighted by Gasteiger charge is 2.36. The Balaban J connectivity index is 1.27. The molecule has 0 spiro atoms. The summed E-state index contributed by atoms with van der Waals surface area (Å²) in [4.78, 5) is 35.7. The first-order chi connectivity index (χ1) is 16.5. The monoisotopic (exact) mass is 478 g/mol. The van der Waals surface area contributed by atoms with E-state index < -0.39 is 23.5 Å². The van der Waals surface area contributed by atoms with Crippen LogP contribution in [-0.4, -0.2) is 53.3 Å². The van der Waals surface area contributed by atoms with Crippen LogP contribution in [-0.2, 0) is 14.3 Å². The quantitative estimate of drug-likeness (QED) is 0.550. The first kappa shape index (κ1) is 23.7. The molecule has 7 nitrogen and oxygen atoms in total. The third-order valence-corrected chi connectivity index (χ3v) is 7.17. The van der Waals surface area contributed by atoms with Gasteiger partial charge in [-0.1, -0.05) is 54.5 Å². The average Bonchev–Trinajstić information content (AvgIpc) is 3.14. The lowest BCUT2D eigenvalue weighted by atomic mass is 9.88. The topological polar surface area (TPSA) is 105 Å². The normalized spacial score (nSPS) is 15.8. The van der Waals surface area contributed by atoms with Crippen LogP contribution in [0.2, 0.25) is 0 Å². The Morgan fingerprint density at radius 2 is 1.65 bits per heavy atom. The number of nitrogens with one attached hydrogen (secondary N) is 2. The molecule has 176 valence electrons. The van der Waals surface area contributed by atoms with E-state index in [1.54, 1.807) is 11.8 Å². The molecule has 0 aromatic heterocycles. The fourth-order valence-corrected chi connectivity index (χ4v) is 5.83. The van der Waals surface area contributed by atoms with Gasteiger partial charge in [-0.25, -0.2) is 4.79 Å². The molecule has 1 heterocycles. The van der Waals surface area contributed by atoms with E-state index in [1.807, 2.05) is 36.4 Å². The SMILES string of the molecule is O=C(O)CC1(NC(=O)C#CCNC(=O)OCC2c3ccccc3-c3ccccc32)CCSCC1. The van der Waals surface area contributed by atoms with Crippen molar-refractivity contribution >= 4 is 29.7 Å². The number of benzene rings is 2. The first-order valence-corrected chi connectivity index (χ1v) is 12.3. The van der Waals surface area contributed by atoms with Gasteiger partial charge >= 0.3 is 12.1 Å². The van der Waals surface area contributed by atoms with Gasteiger partial charge in [0.25, 0.3) is 5.91 Å². The summed E-state index contributed by atoms with van der Waals surface area (Å²) in [7, 11) is 0. The largest absolute Gasteiger partial charge is 0.481 e. The zero-order chi connectivity index (χ0) is 24.0. The Bertz CT molecular complexity index is 1100. The lowest BCUT2D eigenvalue weighted by Crippen LogP contribution is -2.51. The summed E-state index contributed by atoms with van der Waals surface area (Å²) in [6.07, 6.45) is 0.451. The van der Waals surface area contributed by atoms with Crippen LogP contribution < -0.4 is 10.6 Å². The van der Waals surface area contributed by atoms with Crippen molar-refractivity contribution in [2.45, 2.75) is 30.7 Å². The van der Waals surface area contributed by atoms with Gasteiger partial charge < -0.3 is 20.5 Å². The fraction of sp³-hybridized carbons (Fsp3) is 0.346. The second-order valence-corrected chi connectivity index (χ2v) is 9.62. The van der Waals surface area contributed by atoms with Gasteiger partial charge in [0, 0.05) is 5.92 Å².